The summed E-state index contributed by atoms with van der Waals surface area (Å²) >= 11 is 6.74. The Hall–Kier alpha value is -2.61. The summed E-state index contributed by atoms with van der Waals surface area (Å²) in [6, 6.07) is 13.1. The van der Waals surface area contributed by atoms with Crippen LogP contribution < -0.4 is 9.80 Å². The molecule has 2 aromatic rings. The molecule has 0 radical (unpaired) electrons. The monoisotopic (exact) mass is 490 g/mol. The first kappa shape index (κ1) is 23.5. The molecule has 0 N–H and O–H groups in total. The second-order valence-electron chi connectivity index (χ2n) is 7.91. The molecule has 1 heterocycles. The third-order valence-electron chi connectivity index (χ3n) is 5.89. The zero-order valence-electron chi connectivity index (χ0n) is 18.0. The quantitative estimate of drug-likeness (QED) is 0.209. The van der Waals surface area contributed by atoms with Crippen molar-refractivity contribution in [1.29, 1.82) is 5.26 Å². The molecule has 2 aliphatic rings. The van der Waals surface area contributed by atoms with Gasteiger partial charge in [0.1, 0.15) is 17.8 Å². The van der Waals surface area contributed by atoms with E-state index in [9.17, 15) is 18.4 Å². The highest BCUT2D eigenvalue weighted by atomic mass is 32.2. The van der Waals surface area contributed by atoms with Gasteiger partial charge in [-0.25, -0.2) is 0 Å². The van der Waals surface area contributed by atoms with E-state index >= 15 is 0 Å². The number of aryl methyl sites for hydroxylation is 1. The number of nitrogens with zero attached hydrogens (tertiary/aromatic N) is 4. The second-order valence-corrected chi connectivity index (χ2v) is 8.84. The molecule has 1 saturated heterocycles. The Balaban J connectivity index is 1.87. The largest absolute Gasteiger partial charge is 0.417 e. The maximum atomic E-state index is 13.7. The molecule has 5 nitrogen and oxygen atoms in total. The van der Waals surface area contributed by atoms with E-state index in [0.29, 0.717) is 17.6 Å². The van der Waals surface area contributed by atoms with Crippen molar-refractivity contribution >= 4 is 46.8 Å². The number of benzene rings is 2. The summed E-state index contributed by atoms with van der Waals surface area (Å²) in [5, 5.41) is 9.53. The first-order valence-corrected chi connectivity index (χ1v) is 11.5. The van der Waals surface area contributed by atoms with Crippen molar-refractivity contribution in [3.63, 3.8) is 0 Å². The first-order chi connectivity index (χ1) is 15.7. The SMILES string of the molecule is CCOS/N=C1/N(c2ccc(C#N)c(C(F)(F)F)c2)C(=S)N(c2ccc(C)cc2)C12CCC2. The molecule has 0 atom stereocenters. The third-order valence-corrected chi connectivity index (χ3v) is 6.85. The number of nitriles is 1. The molecule has 10 heteroatoms. The van der Waals surface area contributed by atoms with Gasteiger partial charge in [0, 0.05) is 5.69 Å². The van der Waals surface area contributed by atoms with Crippen molar-refractivity contribution in [3.8, 4) is 6.07 Å². The lowest BCUT2D eigenvalue weighted by atomic mass is 9.75. The molecule has 0 amide bonds. The minimum Gasteiger partial charge on any atom is -0.305 e. The fourth-order valence-electron chi connectivity index (χ4n) is 4.17. The molecule has 0 bridgehead atoms. The average Bonchev–Trinajstić information content (AvgIpc) is 3.02. The van der Waals surface area contributed by atoms with Crippen LogP contribution in [0.1, 0.15) is 42.9 Å². The zero-order chi connectivity index (χ0) is 23.8. The van der Waals surface area contributed by atoms with Crippen LogP contribution in [0.4, 0.5) is 24.5 Å². The van der Waals surface area contributed by atoms with Gasteiger partial charge in [-0.2, -0.15) is 22.8 Å². The van der Waals surface area contributed by atoms with Gasteiger partial charge in [0.25, 0.3) is 0 Å². The standard InChI is InChI=1S/C23H21F3N4OS2/c1-3-31-33-28-20-22(11-4-12-22)30(17-8-5-15(2)6-9-17)21(32)29(20)18-10-7-16(14-27)19(13-18)23(24,25)26/h5-10,13H,3-4,11-12H2,1-2H3/b28-20+. The highest BCUT2D eigenvalue weighted by Gasteiger charge is 2.58. The smallest absolute Gasteiger partial charge is 0.305 e. The average molecular weight is 491 g/mol. The summed E-state index contributed by atoms with van der Waals surface area (Å²) in [6.45, 7) is 4.24. The van der Waals surface area contributed by atoms with Crippen LogP contribution in [0.25, 0.3) is 0 Å². The van der Waals surface area contributed by atoms with Crippen LogP contribution in [0.15, 0.2) is 46.9 Å². The Morgan fingerprint density at radius 2 is 1.85 bits per heavy atom. The molecule has 33 heavy (non-hydrogen) atoms. The van der Waals surface area contributed by atoms with Gasteiger partial charge in [-0.1, -0.05) is 17.7 Å². The Kier molecular flexibility index (Phi) is 6.40. The van der Waals surface area contributed by atoms with E-state index in [1.165, 1.54) is 12.1 Å². The fourth-order valence-corrected chi connectivity index (χ4v) is 5.12. The van der Waals surface area contributed by atoms with E-state index in [2.05, 4.69) is 4.40 Å². The summed E-state index contributed by atoms with van der Waals surface area (Å²) < 4.78 is 51.0. The maximum Gasteiger partial charge on any atom is 0.417 e. The molecule has 4 rings (SSSR count). The van der Waals surface area contributed by atoms with Crippen LogP contribution in [0.3, 0.4) is 0 Å². The van der Waals surface area contributed by atoms with Crippen molar-refractivity contribution in [1.82, 2.24) is 0 Å². The number of rotatable bonds is 5. The van der Waals surface area contributed by atoms with Crippen LogP contribution in [-0.4, -0.2) is 23.1 Å². The van der Waals surface area contributed by atoms with Crippen molar-refractivity contribution < 1.29 is 17.4 Å². The summed E-state index contributed by atoms with van der Waals surface area (Å²) in [6.07, 6.45) is -2.22. The number of amidine groups is 1. The summed E-state index contributed by atoms with van der Waals surface area (Å²) in [5.41, 5.74) is 0.148. The molecule has 2 aromatic carbocycles. The van der Waals surface area contributed by atoms with Crippen molar-refractivity contribution in [2.75, 3.05) is 16.4 Å². The predicted molar refractivity (Wildman–Crippen MR) is 128 cm³/mol. The summed E-state index contributed by atoms with van der Waals surface area (Å²) in [5.74, 6) is 0.538. The fraction of sp³-hybridized carbons (Fsp3) is 0.348. The molecular formula is C23H21F3N4OS2. The minimum atomic E-state index is -4.68. The lowest BCUT2D eigenvalue weighted by Crippen LogP contribution is -2.55. The third kappa shape index (κ3) is 4.09. The molecule has 0 aromatic heterocycles. The number of thiocarbonyl (C=S) groups is 1. The van der Waals surface area contributed by atoms with Gasteiger partial charge in [0.05, 0.1) is 29.5 Å². The Morgan fingerprint density at radius 1 is 1.18 bits per heavy atom. The molecular weight excluding hydrogens is 469 g/mol. The molecule has 0 unspecified atom stereocenters. The summed E-state index contributed by atoms with van der Waals surface area (Å²) in [7, 11) is 0. The first-order valence-electron chi connectivity index (χ1n) is 10.4. The van der Waals surface area contributed by atoms with Gasteiger partial charge in [-0.15, -0.1) is 0 Å². The molecule has 1 aliphatic carbocycles. The van der Waals surface area contributed by atoms with E-state index < -0.39 is 22.8 Å². The van der Waals surface area contributed by atoms with Gasteiger partial charge in [0.15, 0.2) is 10.9 Å². The lowest BCUT2D eigenvalue weighted by Gasteiger charge is -2.44. The van der Waals surface area contributed by atoms with Gasteiger partial charge in [-0.05, 0) is 75.7 Å². The molecule has 1 spiro atoms. The van der Waals surface area contributed by atoms with Crippen LogP contribution in [0.2, 0.25) is 0 Å². The number of anilines is 2. The number of hydrogen-bond acceptors (Lipinski definition) is 5. The van der Waals surface area contributed by atoms with Crippen LogP contribution >= 0.6 is 24.4 Å². The topological polar surface area (TPSA) is 51.9 Å². The number of hydrogen-bond donors (Lipinski definition) is 0. The van der Waals surface area contributed by atoms with E-state index in [1.54, 1.807) is 11.0 Å². The summed E-state index contributed by atoms with van der Waals surface area (Å²) in [4.78, 5) is 3.57. The van der Waals surface area contributed by atoms with E-state index in [-0.39, 0.29) is 5.69 Å². The maximum absolute atomic E-state index is 13.7. The normalized spacial score (nSPS) is 18.7. The van der Waals surface area contributed by atoms with Gasteiger partial charge < -0.3 is 4.90 Å². The van der Waals surface area contributed by atoms with Crippen molar-refractivity contribution in [2.45, 2.75) is 44.8 Å². The minimum absolute atomic E-state index is 0.211. The van der Waals surface area contributed by atoms with E-state index in [0.717, 1.165) is 48.8 Å². The Bertz CT molecular complexity index is 1140. The van der Waals surface area contributed by atoms with Gasteiger partial charge in [0.2, 0.25) is 0 Å². The van der Waals surface area contributed by atoms with Crippen molar-refractivity contribution in [2.24, 2.45) is 4.40 Å². The van der Waals surface area contributed by atoms with Gasteiger partial charge in [-0.3, -0.25) is 9.08 Å². The van der Waals surface area contributed by atoms with Crippen LogP contribution in [-0.2, 0) is 10.4 Å². The number of alkyl halides is 3. The predicted octanol–water partition coefficient (Wildman–Crippen LogP) is 6.42. The van der Waals surface area contributed by atoms with Crippen LogP contribution in [0, 0.1) is 18.3 Å². The Morgan fingerprint density at radius 3 is 2.39 bits per heavy atom. The zero-order valence-corrected chi connectivity index (χ0v) is 19.7. The molecule has 2 fully saturated rings. The highest BCUT2D eigenvalue weighted by molar-refractivity contribution is 7.93. The molecule has 172 valence electrons. The van der Waals surface area contributed by atoms with E-state index in [1.807, 2.05) is 43.0 Å². The van der Waals surface area contributed by atoms with Crippen LogP contribution in [0.5, 0.6) is 0 Å². The number of halogens is 3. The van der Waals surface area contributed by atoms with Gasteiger partial charge >= 0.3 is 6.18 Å². The van der Waals surface area contributed by atoms with E-state index in [4.69, 9.17) is 16.4 Å². The molecule has 1 saturated carbocycles. The second kappa shape index (κ2) is 8.97. The Labute approximate surface area is 200 Å². The molecule has 1 aliphatic heterocycles. The highest BCUT2D eigenvalue weighted by Crippen LogP contribution is 2.49. The van der Waals surface area contributed by atoms with Crippen molar-refractivity contribution in [3.05, 3.63) is 59.2 Å². The lowest BCUT2D eigenvalue weighted by molar-refractivity contribution is -0.137.